The molecule has 1 saturated heterocycles. The van der Waals surface area contributed by atoms with Gasteiger partial charge in [-0.2, -0.15) is 5.10 Å². The summed E-state index contributed by atoms with van der Waals surface area (Å²) in [5.74, 6) is 0.816. The average Bonchev–Trinajstić information content (AvgIpc) is 3.00. The third kappa shape index (κ3) is 1.91. The highest BCUT2D eigenvalue weighted by molar-refractivity contribution is 5.38. The van der Waals surface area contributed by atoms with Crippen LogP contribution in [0, 0.1) is 0 Å². The summed E-state index contributed by atoms with van der Waals surface area (Å²) < 4.78 is 1.96. The number of rotatable bonds is 2. The van der Waals surface area contributed by atoms with Crippen LogP contribution in [0.5, 0.6) is 5.75 Å². The number of hydrogen-bond donors (Lipinski definition) is 2. The predicted molar refractivity (Wildman–Crippen MR) is 65.5 cm³/mol. The van der Waals surface area contributed by atoms with Crippen molar-refractivity contribution in [2.45, 2.75) is 12.3 Å². The van der Waals surface area contributed by atoms with E-state index in [4.69, 9.17) is 0 Å². The minimum atomic E-state index is 0.282. The van der Waals surface area contributed by atoms with Crippen LogP contribution in [0.15, 0.2) is 36.5 Å². The van der Waals surface area contributed by atoms with Crippen LogP contribution in [0.4, 0.5) is 0 Å². The highest BCUT2D eigenvalue weighted by atomic mass is 16.3. The Morgan fingerprint density at radius 3 is 2.76 bits per heavy atom. The number of nitrogens with zero attached hydrogens (tertiary/aromatic N) is 2. The van der Waals surface area contributed by atoms with Crippen LogP contribution >= 0.6 is 0 Å². The van der Waals surface area contributed by atoms with Crippen molar-refractivity contribution in [1.29, 1.82) is 0 Å². The molecular weight excluding hydrogens is 214 g/mol. The number of nitrogens with one attached hydrogen (secondary N) is 1. The summed E-state index contributed by atoms with van der Waals surface area (Å²) in [4.78, 5) is 0. The topological polar surface area (TPSA) is 50.1 Å². The summed E-state index contributed by atoms with van der Waals surface area (Å²) in [6.07, 6.45) is 2.99. The van der Waals surface area contributed by atoms with Crippen molar-refractivity contribution in [2.75, 3.05) is 13.1 Å². The predicted octanol–water partition coefficient (Wildman–Crippen LogP) is 1.65. The standard InChI is InChI=1S/C13H15N3O/c17-12-3-1-11(2-4-12)16-13(6-8-15-16)10-5-7-14-9-10/h1-4,6,8,10,14,17H,5,7,9H2. The van der Waals surface area contributed by atoms with Crippen LogP contribution < -0.4 is 5.32 Å². The molecular formula is C13H15N3O. The monoisotopic (exact) mass is 229 g/mol. The zero-order valence-electron chi connectivity index (χ0n) is 9.50. The van der Waals surface area contributed by atoms with Gasteiger partial charge in [0.05, 0.1) is 5.69 Å². The Kier molecular flexibility index (Phi) is 2.57. The normalized spacial score (nSPS) is 19.6. The molecule has 0 spiro atoms. The quantitative estimate of drug-likeness (QED) is 0.823. The van der Waals surface area contributed by atoms with Gasteiger partial charge in [-0.15, -0.1) is 0 Å². The molecule has 1 atom stereocenters. The second-order valence-corrected chi connectivity index (χ2v) is 4.37. The van der Waals surface area contributed by atoms with E-state index in [9.17, 15) is 5.11 Å². The second kappa shape index (κ2) is 4.22. The van der Waals surface area contributed by atoms with Crippen LogP contribution in [-0.2, 0) is 0 Å². The van der Waals surface area contributed by atoms with E-state index in [0.29, 0.717) is 5.92 Å². The third-order valence-electron chi connectivity index (χ3n) is 3.24. The SMILES string of the molecule is Oc1ccc(-n2nccc2C2CCNC2)cc1. The van der Waals surface area contributed by atoms with Crippen LogP contribution in [0.2, 0.25) is 0 Å². The molecule has 1 aromatic carbocycles. The summed E-state index contributed by atoms with van der Waals surface area (Å²) >= 11 is 0. The number of aromatic nitrogens is 2. The highest BCUT2D eigenvalue weighted by Gasteiger charge is 2.20. The molecule has 1 unspecified atom stereocenters. The molecule has 1 fully saturated rings. The lowest BCUT2D eigenvalue weighted by atomic mass is 10.1. The summed E-state index contributed by atoms with van der Waals surface area (Å²) in [6.45, 7) is 2.09. The molecule has 0 radical (unpaired) electrons. The zero-order chi connectivity index (χ0) is 11.7. The minimum Gasteiger partial charge on any atom is -0.508 e. The van der Waals surface area contributed by atoms with Crippen molar-refractivity contribution in [3.8, 4) is 11.4 Å². The Labute approximate surface area is 99.9 Å². The molecule has 0 bridgehead atoms. The first-order valence-corrected chi connectivity index (χ1v) is 5.88. The molecule has 1 aromatic heterocycles. The zero-order valence-corrected chi connectivity index (χ0v) is 9.50. The molecule has 0 aliphatic carbocycles. The molecule has 4 nitrogen and oxygen atoms in total. The van der Waals surface area contributed by atoms with E-state index >= 15 is 0 Å². The lowest BCUT2D eigenvalue weighted by molar-refractivity contribution is 0.475. The lowest BCUT2D eigenvalue weighted by Crippen LogP contribution is -2.11. The molecule has 0 amide bonds. The molecule has 1 aliphatic heterocycles. The number of hydrogen-bond acceptors (Lipinski definition) is 3. The molecule has 1 aliphatic rings. The van der Waals surface area contributed by atoms with E-state index < -0.39 is 0 Å². The van der Waals surface area contributed by atoms with Crippen LogP contribution in [0.3, 0.4) is 0 Å². The lowest BCUT2D eigenvalue weighted by Gasteiger charge is -2.12. The van der Waals surface area contributed by atoms with Gasteiger partial charge in [0.2, 0.25) is 0 Å². The number of phenols is 1. The maximum absolute atomic E-state index is 9.30. The van der Waals surface area contributed by atoms with E-state index in [1.807, 2.05) is 23.0 Å². The second-order valence-electron chi connectivity index (χ2n) is 4.37. The van der Waals surface area contributed by atoms with E-state index in [1.165, 1.54) is 5.69 Å². The molecule has 0 saturated carbocycles. The molecule has 2 heterocycles. The molecule has 4 heteroatoms. The fourth-order valence-corrected chi connectivity index (χ4v) is 2.34. The van der Waals surface area contributed by atoms with Crippen molar-refractivity contribution in [1.82, 2.24) is 15.1 Å². The summed E-state index contributed by atoms with van der Waals surface area (Å²) in [7, 11) is 0. The highest BCUT2D eigenvalue weighted by Crippen LogP contribution is 2.24. The van der Waals surface area contributed by atoms with Gasteiger partial charge in [0.1, 0.15) is 5.75 Å². The van der Waals surface area contributed by atoms with E-state index in [-0.39, 0.29) is 5.75 Å². The van der Waals surface area contributed by atoms with Crippen molar-refractivity contribution in [2.24, 2.45) is 0 Å². The first kappa shape index (κ1) is 10.4. The van der Waals surface area contributed by atoms with Crippen molar-refractivity contribution >= 4 is 0 Å². The summed E-state index contributed by atoms with van der Waals surface area (Å²) in [6, 6.07) is 9.22. The Morgan fingerprint density at radius 2 is 2.06 bits per heavy atom. The van der Waals surface area contributed by atoms with Gasteiger partial charge >= 0.3 is 0 Å². The molecule has 88 valence electrons. The minimum absolute atomic E-state index is 0.282. The van der Waals surface area contributed by atoms with E-state index in [0.717, 1.165) is 25.2 Å². The van der Waals surface area contributed by atoms with Crippen molar-refractivity contribution in [3.63, 3.8) is 0 Å². The van der Waals surface area contributed by atoms with Gasteiger partial charge in [-0.1, -0.05) is 0 Å². The molecule has 2 aromatic rings. The fraction of sp³-hybridized carbons (Fsp3) is 0.308. The maximum atomic E-state index is 9.30. The van der Waals surface area contributed by atoms with Gasteiger partial charge in [0.25, 0.3) is 0 Å². The fourth-order valence-electron chi connectivity index (χ4n) is 2.34. The van der Waals surface area contributed by atoms with Crippen LogP contribution in [0.1, 0.15) is 18.0 Å². The Bertz CT molecular complexity index is 498. The van der Waals surface area contributed by atoms with Crippen molar-refractivity contribution in [3.05, 3.63) is 42.2 Å². The third-order valence-corrected chi connectivity index (χ3v) is 3.24. The van der Waals surface area contributed by atoms with Gasteiger partial charge in [0, 0.05) is 24.4 Å². The van der Waals surface area contributed by atoms with Gasteiger partial charge in [-0.25, -0.2) is 4.68 Å². The van der Waals surface area contributed by atoms with E-state index in [1.54, 1.807) is 12.1 Å². The molecule has 2 N–H and O–H groups in total. The first-order valence-electron chi connectivity index (χ1n) is 5.88. The Balaban J connectivity index is 1.97. The molecule has 3 rings (SSSR count). The van der Waals surface area contributed by atoms with Gasteiger partial charge in [0.15, 0.2) is 0 Å². The van der Waals surface area contributed by atoms with E-state index in [2.05, 4.69) is 16.5 Å². The number of aromatic hydroxyl groups is 1. The largest absolute Gasteiger partial charge is 0.508 e. The summed E-state index contributed by atoms with van der Waals surface area (Å²) in [5, 5.41) is 17.0. The maximum Gasteiger partial charge on any atom is 0.115 e. The molecule has 17 heavy (non-hydrogen) atoms. The first-order chi connectivity index (χ1) is 8.34. The number of phenolic OH excluding ortho intramolecular Hbond substituents is 1. The smallest absolute Gasteiger partial charge is 0.115 e. The van der Waals surface area contributed by atoms with Gasteiger partial charge in [-0.3, -0.25) is 0 Å². The van der Waals surface area contributed by atoms with Crippen LogP contribution in [0.25, 0.3) is 5.69 Å². The average molecular weight is 229 g/mol. The number of benzene rings is 1. The van der Waals surface area contributed by atoms with Gasteiger partial charge in [-0.05, 0) is 43.3 Å². The van der Waals surface area contributed by atoms with Crippen LogP contribution in [-0.4, -0.2) is 28.0 Å². The Hall–Kier alpha value is -1.81. The van der Waals surface area contributed by atoms with Gasteiger partial charge < -0.3 is 10.4 Å². The summed E-state index contributed by atoms with van der Waals surface area (Å²) in [5.41, 5.74) is 2.23. The van der Waals surface area contributed by atoms with Crippen molar-refractivity contribution < 1.29 is 5.11 Å². The Morgan fingerprint density at radius 1 is 1.24 bits per heavy atom.